The van der Waals surface area contributed by atoms with E-state index in [-0.39, 0.29) is 5.78 Å². The van der Waals surface area contributed by atoms with E-state index in [4.69, 9.17) is 5.73 Å². The number of aryl methyl sites for hydroxylation is 1. The second kappa shape index (κ2) is 4.76. The van der Waals surface area contributed by atoms with Crippen LogP contribution in [0.25, 0.3) is 11.0 Å². The number of benzene rings is 1. The molecule has 0 saturated carbocycles. The topological polar surface area (TPSA) is 71.8 Å². The maximum Gasteiger partial charge on any atom is 0.195 e. The van der Waals surface area contributed by atoms with Gasteiger partial charge >= 0.3 is 0 Å². The van der Waals surface area contributed by atoms with Crippen molar-refractivity contribution in [2.75, 3.05) is 5.73 Å². The SMILES string of the molecule is Cc1cc(N)cc(C(=O)c2c[nH]c3ncc(Br)cc23)c1. The number of fused-ring (bicyclic) bond motifs is 1. The van der Waals surface area contributed by atoms with E-state index >= 15 is 0 Å². The minimum atomic E-state index is -0.0634. The Kier molecular flexibility index (Phi) is 3.06. The van der Waals surface area contributed by atoms with E-state index in [2.05, 4.69) is 25.9 Å². The second-order valence-electron chi connectivity index (χ2n) is 4.71. The van der Waals surface area contributed by atoms with Crippen LogP contribution in [0.5, 0.6) is 0 Å². The Hall–Kier alpha value is -2.14. The fraction of sp³-hybridized carbons (Fsp3) is 0.0667. The van der Waals surface area contributed by atoms with Crippen molar-refractivity contribution in [3.05, 3.63) is 57.8 Å². The number of H-pyrrole nitrogens is 1. The number of hydrogen-bond acceptors (Lipinski definition) is 3. The van der Waals surface area contributed by atoms with Gasteiger partial charge in [-0.3, -0.25) is 4.79 Å². The maximum atomic E-state index is 12.6. The molecule has 20 heavy (non-hydrogen) atoms. The number of aromatic nitrogens is 2. The highest BCUT2D eigenvalue weighted by molar-refractivity contribution is 9.10. The maximum absolute atomic E-state index is 12.6. The van der Waals surface area contributed by atoms with Crippen molar-refractivity contribution in [1.82, 2.24) is 9.97 Å². The van der Waals surface area contributed by atoms with E-state index < -0.39 is 0 Å². The summed E-state index contributed by atoms with van der Waals surface area (Å²) in [6.07, 6.45) is 3.38. The molecule has 5 heteroatoms. The van der Waals surface area contributed by atoms with Gasteiger partial charge < -0.3 is 10.7 Å². The average Bonchev–Trinajstić information content (AvgIpc) is 2.79. The van der Waals surface area contributed by atoms with E-state index in [1.807, 2.05) is 25.1 Å². The van der Waals surface area contributed by atoms with E-state index in [0.717, 1.165) is 15.4 Å². The molecule has 4 nitrogen and oxygen atoms in total. The lowest BCUT2D eigenvalue weighted by atomic mass is 10.0. The number of aromatic amines is 1. The van der Waals surface area contributed by atoms with Crippen LogP contribution >= 0.6 is 15.9 Å². The minimum Gasteiger partial charge on any atom is -0.399 e. The number of anilines is 1. The summed E-state index contributed by atoms with van der Waals surface area (Å²) in [5, 5.41) is 0.796. The van der Waals surface area contributed by atoms with Gasteiger partial charge in [0.25, 0.3) is 0 Å². The van der Waals surface area contributed by atoms with Crippen LogP contribution in [0.1, 0.15) is 21.5 Å². The van der Waals surface area contributed by atoms with Crippen LogP contribution in [0.15, 0.2) is 41.1 Å². The Bertz CT molecular complexity index is 803. The molecule has 0 aliphatic rings. The van der Waals surface area contributed by atoms with Gasteiger partial charge in [0.1, 0.15) is 5.65 Å². The fourth-order valence-electron chi connectivity index (χ4n) is 2.27. The molecule has 0 aliphatic carbocycles. The zero-order valence-electron chi connectivity index (χ0n) is 10.8. The summed E-state index contributed by atoms with van der Waals surface area (Å²) in [6, 6.07) is 7.25. The highest BCUT2D eigenvalue weighted by Gasteiger charge is 2.15. The van der Waals surface area contributed by atoms with Gasteiger partial charge in [0, 0.05) is 39.1 Å². The van der Waals surface area contributed by atoms with Crippen LogP contribution in [0.2, 0.25) is 0 Å². The lowest BCUT2D eigenvalue weighted by Crippen LogP contribution is -2.02. The molecule has 100 valence electrons. The summed E-state index contributed by atoms with van der Waals surface area (Å²) < 4.78 is 0.836. The van der Waals surface area contributed by atoms with Crippen LogP contribution in [-0.2, 0) is 0 Å². The van der Waals surface area contributed by atoms with Crippen molar-refractivity contribution >= 4 is 38.4 Å². The summed E-state index contributed by atoms with van der Waals surface area (Å²) >= 11 is 3.37. The molecule has 0 spiro atoms. The molecular weight excluding hydrogens is 318 g/mol. The third kappa shape index (κ3) is 2.20. The Morgan fingerprint density at radius 3 is 2.85 bits per heavy atom. The van der Waals surface area contributed by atoms with Gasteiger partial charge in [0.15, 0.2) is 5.78 Å². The van der Waals surface area contributed by atoms with Gasteiger partial charge in [0.2, 0.25) is 0 Å². The first-order chi connectivity index (χ1) is 9.54. The zero-order chi connectivity index (χ0) is 14.3. The second-order valence-corrected chi connectivity index (χ2v) is 5.63. The molecule has 3 N–H and O–H groups in total. The van der Waals surface area contributed by atoms with Crippen LogP contribution in [0.4, 0.5) is 5.69 Å². The molecule has 0 bridgehead atoms. The molecule has 3 rings (SSSR count). The molecule has 3 aromatic rings. The molecule has 0 unspecified atom stereocenters. The van der Waals surface area contributed by atoms with Crippen molar-refractivity contribution < 1.29 is 4.79 Å². The van der Waals surface area contributed by atoms with E-state index in [9.17, 15) is 4.79 Å². The number of ketones is 1. The summed E-state index contributed by atoms with van der Waals surface area (Å²) in [6.45, 7) is 1.92. The number of hydrogen-bond donors (Lipinski definition) is 2. The van der Waals surface area contributed by atoms with E-state index in [1.165, 1.54) is 0 Å². The Balaban J connectivity index is 2.15. The number of carbonyl (C=O) groups excluding carboxylic acids is 1. The number of nitrogens with one attached hydrogen (secondary N) is 1. The number of nitrogens with zero attached hydrogens (tertiary/aromatic N) is 1. The molecule has 0 radical (unpaired) electrons. The van der Waals surface area contributed by atoms with Crippen molar-refractivity contribution in [2.24, 2.45) is 0 Å². The van der Waals surface area contributed by atoms with Crippen LogP contribution < -0.4 is 5.73 Å². The number of carbonyl (C=O) groups is 1. The van der Waals surface area contributed by atoms with E-state index in [1.54, 1.807) is 18.5 Å². The molecule has 2 heterocycles. The first-order valence-electron chi connectivity index (χ1n) is 6.09. The molecule has 1 aromatic carbocycles. The van der Waals surface area contributed by atoms with Crippen molar-refractivity contribution in [3.8, 4) is 0 Å². The quantitative estimate of drug-likeness (QED) is 0.558. The third-order valence-corrected chi connectivity index (χ3v) is 3.54. The standard InChI is InChI=1S/C15H12BrN3O/c1-8-2-9(4-11(17)3-8)14(20)13-7-19-15-12(13)5-10(16)6-18-15/h2-7H,17H2,1H3,(H,18,19). The predicted octanol–water partition coefficient (Wildman–Crippen LogP) is 3.45. The monoisotopic (exact) mass is 329 g/mol. The van der Waals surface area contributed by atoms with Gasteiger partial charge in [-0.15, -0.1) is 0 Å². The lowest BCUT2D eigenvalue weighted by molar-refractivity contribution is 0.104. The number of nitrogen functional groups attached to an aromatic ring is 1. The summed E-state index contributed by atoms with van der Waals surface area (Å²) in [5.74, 6) is -0.0634. The normalized spacial score (nSPS) is 10.9. The predicted molar refractivity (Wildman–Crippen MR) is 82.8 cm³/mol. The van der Waals surface area contributed by atoms with Crippen molar-refractivity contribution in [3.63, 3.8) is 0 Å². The van der Waals surface area contributed by atoms with Crippen LogP contribution in [-0.4, -0.2) is 15.8 Å². The van der Waals surface area contributed by atoms with Gasteiger partial charge in [-0.1, -0.05) is 0 Å². The Labute approximate surface area is 124 Å². The summed E-state index contributed by atoms with van der Waals surface area (Å²) in [5.41, 5.74) is 9.24. The number of pyridine rings is 1. The Morgan fingerprint density at radius 2 is 2.10 bits per heavy atom. The summed E-state index contributed by atoms with van der Waals surface area (Å²) in [7, 11) is 0. The zero-order valence-corrected chi connectivity index (χ0v) is 12.4. The first-order valence-corrected chi connectivity index (χ1v) is 6.88. The number of nitrogens with two attached hydrogens (primary N) is 1. The lowest BCUT2D eigenvalue weighted by Gasteiger charge is -2.03. The molecule has 2 aromatic heterocycles. The van der Waals surface area contributed by atoms with E-state index in [0.29, 0.717) is 22.5 Å². The summed E-state index contributed by atoms with van der Waals surface area (Å²) in [4.78, 5) is 19.9. The average molecular weight is 330 g/mol. The van der Waals surface area contributed by atoms with Gasteiger partial charge in [-0.25, -0.2) is 4.98 Å². The molecule has 0 saturated heterocycles. The third-order valence-electron chi connectivity index (χ3n) is 3.10. The van der Waals surface area contributed by atoms with Gasteiger partial charge in [0.05, 0.1) is 0 Å². The van der Waals surface area contributed by atoms with Crippen LogP contribution in [0.3, 0.4) is 0 Å². The van der Waals surface area contributed by atoms with Crippen LogP contribution in [0, 0.1) is 6.92 Å². The Morgan fingerprint density at radius 1 is 1.30 bits per heavy atom. The van der Waals surface area contributed by atoms with Gasteiger partial charge in [-0.2, -0.15) is 0 Å². The minimum absolute atomic E-state index is 0.0634. The number of rotatable bonds is 2. The molecule has 0 amide bonds. The molecular formula is C15H12BrN3O. The molecule has 0 atom stereocenters. The molecule has 0 fully saturated rings. The highest BCUT2D eigenvalue weighted by atomic mass is 79.9. The smallest absolute Gasteiger partial charge is 0.195 e. The fourth-order valence-corrected chi connectivity index (χ4v) is 2.60. The van der Waals surface area contributed by atoms with Crippen molar-refractivity contribution in [1.29, 1.82) is 0 Å². The van der Waals surface area contributed by atoms with Crippen molar-refractivity contribution in [2.45, 2.75) is 6.92 Å². The highest BCUT2D eigenvalue weighted by Crippen LogP contribution is 2.24. The molecule has 0 aliphatic heterocycles. The first kappa shape index (κ1) is 12.9. The van der Waals surface area contributed by atoms with Gasteiger partial charge in [-0.05, 0) is 52.7 Å². The number of halogens is 1. The largest absolute Gasteiger partial charge is 0.399 e.